The lowest BCUT2D eigenvalue weighted by Gasteiger charge is -2.28. The molecule has 3 nitrogen and oxygen atoms in total. The molecule has 0 atom stereocenters. The minimum Gasteiger partial charge on any atom is -0.310 e. The first-order valence-corrected chi connectivity index (χ1v) is 24.0. The Bertz CT molecular complexity index is 3940. The van der Waals surface area contributed by atoms with Gasteiger partial charge in [0, 0.05) is 70.6 Å². The largest absolute Gasteiger partial charge is 0.310 e. The third kappa shape index (κ3) is 6.73. The van der Waals surface area contributed by atoms with Gasteiger partial charge in [0.2, 0.25) is 0 Å². The highest BCUT2D eigenvalue weighted by Gasteiger charge is 2.22. The summed E-state index contributed by atoms with van der Waals surface area (Å²) in [6.45, 7) is 0. The van der Waals surface area contributed by atoms with Crippen molar-refractivity contribution in [2.75, 3.05) is 9.80 Å². The minimum atomic E-state index is 1.08. The van der Waals surface area contributed by atoms with Crippen LogP contribution in [0.25, 0.3) is 80.7 Å². The lowest BCUT2D eigenvalue weighted by molar-refractivity contribution is 1.18. The number of aromatic nitrogens is 1. The lowest BCUT2D eigenvalue weighted by atomic mass is 9.97. The molecule has 0 amide bonds. The second-order valence-corrected chi connectivity index (χ2v) is 18.4. The number of para-hydroxylation sites is 4. The molecule has 11 aromatic carbocycles. The molecule has 320 valence electrons. The highest BCUT2D eigenvalue weighted by Crippen LogP contribution is 2.47. The fourth-order valence-corrected chi connectivity index (χ4v) is 11.4. The van der Waals surface area contributed by atoms with Crippen LogP contribution in [0.3, 0.4) is 0 Å². The summed E-state index contributed by atoms with van der Waals surface area (Å²) in [6.07, 6.45) is 0. The zero-order valence-corrected chi connectivity index (χ0v) is 37.9. The number of benzene rings is 11. The van der Waals surface area contributed by atoms with E-state index in [1.165, 1.54) is 63.9 Å². The predicted molar refractivity (Wildman–Crippen MR) is 291 cm³/mol. The van der Waals surface area contributed by atoms with Crippen molar-refractivity contribution in [2.24, 2.45) is 0 Å². The zero-order chi connectivity index (χ0) is 45.0. The standard InChI is InChI=1S/C64H43N3S/c1-4-19-47(20-5-1)65(52-39-40-59-57(43-52)63-60(67(59)49-23-8-3-9-24-49)41-42-62-64(63)56-27-13-15-30-61(56)68-62)50-35-33-46(34-36-50)55-26-12-14-29-58(55)66(48-21-6-2-7-22-48)51-37-31-45(32-38-51)54-28-16-18-44-17-10-11-25-53(44)54/h1-43H. The third-order valence-corrected chi connectivity index (χ3v) is 14.5. The molecule has 0 bridgehead atoms. The highest BCUT2D eigenvalue weighted by molar-refractivity contribution is 7.26. The first-order valence-electron chi connectivity index (χ1n) is 23.2. The van der Waals surface area contributed by atoms with Crippen LogP contribution in [-0.2, 0) is 0 Å². The molecule has 13 rings (SSSR count). The first kappa shape index (κ1) is 39.6. The highest BCUT2D eigenvalue weighted by atomic mass is 32.1. The molecule has 0 unspecified atom stereocenters. The minimum absolute atomic E-state index is 1.08. The summed E-state index contributed by atoms with van der Waals surface area (Å²) in [5, 5.41) is 7.63. The number of nitrogens with zero attached hydrogens (tertiary/aromatic N) is 3. The Morgan fingerprint density at radius 2 is 0.838 bits per heavy atom. The molecule has 2 heterocycles. The summed E-state index contributed by atoms with van der Waals surface area (Å²) in [4.78, 5) is 4.77. The lowest BCUT2D eigenvalue weighted by Crippen LogP contribution is -2.11. The van der Waals surface area contributed by atoms with Crippen LogP contribution in [-0.4, -0.2) is 4.57 Å². The van der Waals surface area contributed by atoms with Gasteiger partial charge in [-0.15, -0.1) is 11.3 Å². The number of rotatable bonds is 9. The summed E-state index contributed by atoms with van der Waals surface area (Å²) in [6, 6.07) is 94.7. The fourth-order valence-electron chi connectivity index (χ4n) is 10.3. The van der Waals surface area contributed by atoms with Gasteiger partial charge in [-0.1, -0.05) is 158 Å². The van der Waals surface area contributed by atoms with E-state index in [9.17, 15) is 0 Å². The molecule has 0 spiro atoms. The van der Waals surface area contributed by atoms with E-state index >= 15 is 0 Å². The molecule has 0 saturated carbocycles. The van der Waals surface area contributed by atoms with Crippen molar-refractivity contribution in [2.45, 2.75) is 0 Å². The summed E-state index contributed by atoms with van der Waals surface area (Å²) in [5.74, 6) is 0. The van der Waals surface area contributed by atoms with Crippen LogP contribution >= 0.6 is 11.3 Å². The third-order valence-electron chi connectivity index (χ3n) is 13.4. The topological polar surface area (TPSA) is 11.4 Å². The molecule has 13 aromatic rings. The molecule has 4 heteroatoms. The van der Waals surface area contributed by atoms with E-state index in [1.54, 1.807) is 0 Å². The molecular weight excluding hydrogens is 843 g/mol. The Morgan fingerprint density at radius 3 is 1.59 bits per heavy atom. The average Bonchev–Trinajstić information content (AvgIpc) is 3.96. The van der Waals surface area contributed by atoms with E-state index in [2.05, 4.69) is 275 Å². The summed E-state index contributed by atoms with van der Waals surface area (Å²) >= 11 is 1.87. The number of anilines is 6. The van der Waals surface area contributed by atoms with E-state index in [-0.39, 0.29) is 0 Å². The number of hydrogen-bond donors (Lipinski definition) is 0. The number of thiophene rings is 1. The Kier molecular flexibility index (Phi) is 9.69. The quantitative estimate of drug-likeness (QED) is 0.143. The van der Waals surface area contributed by atoms with Crippen LogP contribution in [0.2, 0.25) is 0 Å². The molecule has 0 N–H and O–H groups in total. The first-order chi connectivity index (χ1) is 33.7. The van der Waals surface area contributed by atoms with Crippen molar-refractivity contribution in [3.05, 3.63) is 261 Å². The maximum absolute atomic E-state index is 2.43. The van der Waals surface area contributed by atoms with Crippen molar-refractivity contribution >= 4 is 98.2 Å². The van der Waals surface area contributed by atoms with Crippen molar-refractivity contribution < 1.29 is 0 Å². The Morgan fingerprint density at radius 1 is 0.309 bits per heavy atom. The molecule has 0 fully saturated rings. The van der Waals surface area contributed by atoms with Gasteiger partial charge in [0.25, 0.3) is 0 Å². The molecular formula is C64H43N3S. The van der Waals surface area contributed by atoms with E-state index in [0.29, 0.717) is 0 Å². The Labute approximate surface area is 399 Å². The van der Waals surface area contributed by atoms with Crippen molar-refractivity contribution in [1.82, 2.24) is 4.57 Å². The molecule has 0 saturated heterocycles. The van der Waals surface area contributed by atoms with E-state index in [1.807, 2.05) is 11.3 Å². The SMILES string of the molecule is c1ccc(N(c2ccc(-c3ccccc3N(c3ccccc3)c3ccc(-c4cccc5ccccc45)cc3)cc2)c2ccc3c(c2)c2c4c(ccc2n3-c2ccccc2)sc2ccccc24)cc1. The molecule has 0 radical (unpaired) electrons. The van der Waals surface area contributed by atoms with E-state index < -0.39 is 0 Å². The van der Waals surface area contributed by atoms with Crippen molar-refractivity contribution in [1.29, 1.82) is 0 Å². The van der Waals surface area contributed by atoms with Crippen LogP contribution in [0.1, 0.15) is 0 Å². The van der Waals surface area contributed by atoms with Gasteiger partial charge in [-0.2, -0.15) is 0 Å². The Hall–Kier alpha value is -8.70. The molecule has 0 aliphatic carbocycles. The van der Waals surface area contributed by atoms with Gasteiger partial charge in [-0.25, -0.2) is 0 Å². The maximum Gasteiger partial charge on any atom is 0.0548 e. The second-order valence-electron chi connectivity index (χ2n) is 17.3. The van der Waals surface area contributed by atoms with Gasteiger partial charge in [0.05, 0.1) is 16.7 Å². The van der Waals surface area contributed by atoms with Gasteiger partial charge in [-0.3, -0.25) is 0 Å². The predicted octanol–water partition coefficient (Wildman–Crippen LogP) is 18.6. The fraction of sp³-hybridized carbons (Fsp3) is 0. The number of fused-ring (bicyclic) bond motifs is 8. The maximum atomic E-state index is 2.43. The molecule has 68 heavy (non-hydrogen) atoms. The van der Waals surface area contributed by atoms with Gasteiger partial charge < -0.3 is 14.4 Å². The van der Waals surface area contributed by atoms with E-state index in [0.717, 1.165) is 50.9 Å². The zero-order valence-electron chi connectivity index (χ0n) is 37.1. The van der Waals surface area contributed by atoms with Crippen LogP contribution in [0.15, 0.2) is 261 Å². The number of hydrogen-bond acceptors (Lipinski definition) is 3. The summed E-state index contributed by atoms with van der Waals surface area (Å²) in [5.41, 5.74) is 14.8. The van der Waals surface area contributed by atoms with Crippen LogP contribution in [0, 0.1) is 0 Å². The van der Waals surface area contributed by atoms with Crippen LogP contribution < -0.4 is 9.80 Å². The van der Waals surface area contributed by atoms with Gasteiger partial charge >= 0.3 is 0 Å². The van der Waals surface area contributed by atoms with Crippen LogP contribution in [0.5, 0.6) is 0 Å². The molecule has 0 aliphatic heterocycles. The smallest absolute Gasteiger partial charge is 0.0548 e. The van der Waals surface area contributed by atoms with Crippen molar-refractivity contribution in [3.63, 3.8) is 0 Å². The molecule has 2 aromatic heterocycles. The normalized spacial score (nSPS) is 11.5. The Balaban J connectivity index is 0.930. The van der Waals surface area contributed by atoms with Crippen LogP contribution in [0.4, 0.5) is 34.1 Å². The monoisotopic (exact) mass is 885 g/mol. The molecule has 0 aliphatic rings. The summed E-state index contributed by atoms with van der Waals surface area (Å²) < 4.78 is 5.04. The second kappa shape index (κ2) is 16.6. The van der Waals surface area contributed by atoms with Crippen molar-refractivity contribution in [3.8, 4) is 27.9 Å². The van der Waals surface area contributed by atoms with Gasteiger partial charge in [0.15, 0.2) is 0 Å². The van der Waals surface area contributed by atoms with Gasteiger partial charge in [0.1, 0.15) is 0 Å². The van der Waals surface area contributed by atoms with Gasteiger partial charge in [-0.05, 0) is 131 Å². The van der Waals surface area contributed by atoms with E-state index in [4.69, 9.17) is 0 Å². The average molecular weight is 886 g/mol. The summed E-state index contributed by atoms with van der Waals surface area (Å²) in [7, 11) is 0.